The fourth-order valence-electron chi connectivity index (χ4n) is 1.58. The predicted molar refractivity (Wildman–Crippen MR) is 89.6 cm³/mol. The number of hydrogen-bond donors (Lipinski definition) is 4. The number of carboxylic acids is 2. The zero-order valence-electron chi connectivity index (χ0n) is 12.5. The van der Waals surface area contributed by atoms with Crippen molar-refractivity contribution in [3.8, 4) is 11.5 Å². The summed E-state index contributed by atoms with van der Waals surface area (Å²) in [6, 6.07) is 13.1. The lowest BCUT2D eigenvalue weighted by Crippen LogP contribution is -1.85. The van der Waals surface area contributed by atoms with E-state index in [4.69, 9.17) is 10.2 Å². The van der Waals surface area contributed by atoms with Crippen LogP contribution in [0.15, 0.2) is 60.7 Å². The maximum absolute atomic E-state index is 10.1. The summed E-state index contributed by atoms with van der Waals surface area (Å²) in [5.74, 6) is -1.90. The molecule has 24 heavy (non-hydrogen) atoms. The summed E-state index contributed by atoms with van der Waals surface area (Å²) in [6.45, 7) is 0. The average Bonchev–Trinajstić information content (AvgIpc) is 2.54. The molecule has 2 aromatic rings. The fraction of sp³-hybridized carbons (Fsp3) is 0. The molecule has 6 heteroatoms. The monoisotopic (exact) mass is 328 g/mol. The smallest absolute Gasteiger partial charge is 0.328 e. The molecular weight excluding hydrogens is 312 g/mol. The van der Waals surface area contributed by atoms with E-state index in [1.807, 2.05) is 0 Å². The molecule has 0 bridgehead atoms. The third kappa shape index (κ3) is 6.95. The number of carbonyl (C=O) groups is 2. The second kappa shape index (κ2) is 9.47. The number of phenols is 2. The van der Waals surface area contributed by atoms with Gasteiger partial charge in [-0.2, -0.15) is 0 Å². The van der Waals surface area contributed by atoms with Crippen LogP contribution in [-0.2, 0) is 9.59 Å². The van der Waals surface area contributed by atoms with Gasteiger partial charge < -0.3 is 20.4 Å². The number of aliphatic carboxylic acids is 2. The number of rotatable bonds is 4. The lowest BCUT2D eigenvalue weighted by atomic mass is 10.2. The Morgan fingerprint density at radius 1 is 0.667 bits per heavy atom. The molecule has 0 radical (unpaired) electrons. The van der Waals surface area contributed by atoms with Gasteiger partial charge in [-0.15, -0.1) is 0 Å². The van der Waals surface area contributed by atoms with Gasteiger partial charge in [0.15, 0.2) is 0 Å². The third-order valence-corrected chi connectivity index (χ3v) is 2.68. The third-order valence-electron chi connectivity index (χ3n) is 2.68. The summed E-state index contributed by atoms with van der Waals surface area (Å²) >= 11 is 0. The number of hydrogen-bond acceptors (Lipinski definition) is 4. The summed E-state index contributed by atoms with van der Waals surface area (Å²) in [6.07, 6.45) is 4.65. The molecule has 0 amide bonds. The minimum absolute atomic E-state index is 0.0787. The molecule has 0 fully saturated rings. The van der Waals surface area contributed by atoms with Crippen LogP contribution in [0.2, 0.25) is 0 Å². The van der Waals surface area contributed by atoms with E-state index in [1.165, 1.54) is 24.3 Å². The van der Waals surface area contributed by atoms with Gasteiger partial charge in [0.2, 0.25) is 0 Å². The van der Waals surface area contributed by atoms with E-state index in [0.29, 0.717) is 11.1 Å². The van der Waals surface area contributed by atoms with Gasteiger partial charge in [-0.3, -0.25) is 0 Å². The molecule has 124 valence electrons. The first-order valence-corrected chi connectivity index (χ1v) is 6.78. The number of para-hydroxylation sites is 2. The van der Waals surface area contributed by atoms with Gasteiger partial charge in [-0.1, -0.05) is 36.4 Å². The fourth-order valence-corrected chi connectivity index (χ4v) is 1.58. The molecule has 0 atom stereocenters. The van der Waals surface area contributed by atoms with E-state index < -0.39 is 11.9 Å². The van der Waals surface area contributed by atoms with E-state index in [-0.39, 0.29) is 11.5 Å². The largest absolute Gasteiger partial charge is 0.507 e. The molecule has 0 aliphatic heterocycles. The summed E-state index contributed by atoms with van der Waals surface area (Å²) in [4.78, 5) is 20.2. The maximum Gasteiger partial charge on any atom is 0.328 e. The number of carboxylic acid groups (broad SMARTS) is 2. The van der Waals surface area contributed by atoms with Gasteiger partial charge in [0.05, 0.1) is 0 Å². The van der Waals surface area contributed by atoms with Crippen molar-refractivity contribution in [3.63, 3.8) is 0 Å². The summed E-state index contributed by atoms with van der Waals surface area (Å²) < 4.78 is 0. The van der Waals surface area contributed by atoms with Crippen molar-refractivity contribution in [2.75, 3.05) is 0 Å². The highest BCUT2D eigenvalue weighted by Gasteiger charge is 1.95. The molecule has 0 saturated carbocycles. The Bertz CT molecular complexity index is 696. The Labute approximate surface area is 138 Å². The minimum atomic E-state index is -1.03. The van der Waals surface area contributed by atoms with Gasteiger partial charge in [-0.05, 0) is 24.3 Å². The summed E-state index contributed by atoms with van der Waals surface area (Å²) in [5.41, 5.74) is 1.000. The first-order chi connectivity index (χ1) is 11.4. The number of aromatic hydroxyl groups is 2. The van der Waals surface area contributed by atoms with Crippen LogP contribution in [0.4, 0.5) is 0 Å². The van der Waals surface area contributed by atoms with Crippen molar-refractivity contribution >= 4 is 24.1 Å². The van der Waals surface area contributed by atoms with E-state index in [0.717, 1.165) is 12.2 Å². The second-order valence-corrected chi connectivity index (χ2v) is 4.46. The van der Waals surface area contributed by atoms with Gasteiger partial charge in [-0.25, -0.2) is 9.59 Å². The summed E-state index contributed by atoms with van der Waals surface area (Å²) in [7, 11) is 0. The first kappa shape index (κ1) is 18.5. The lowest BCUT2D eigenvalue weighted by Gasteiger charge is -1.95. The molecule has 0 saturated heterocycles. The summed E-state index contributed by atoms with van der Waals surface area (Å²) in [5, 5.41) is 35.0. The normalized spacial score (nSPS) is 10.3. The van der Waals surface area contributed by atoms with Crippen molar-refractivity contribution < 1.29 is 30.0 Å². The van der Waals surface area contributed by atoms with E-state index in [2.05, 4.69) is 0 Å². The van der Waals surface area contributed by atoms with Crippen LogP contribution in [-0.4, -0.2) is 32.4 Å². The predicted octanol–water partition coefficient (Wildman–Crippen LogP) is 2.98. The first-order valence-electron chi connectivity index (χ1n) is 6.78. The van der Waals surface area contributed by atoms with Crippen molar-refractivity contribution in [3.05, 3.63) is 71.8 Å². The van der Waals surface area contributed by atoms with Crippen molar-refractivity contribution in [2.24, 2.45) is 0 Å². The van der Waals surface area contributed by atoms with Crippen LogP contribution < -0.4 is 0 Å². The molecule has 6 nitrogen and oxygen atoms in total. The number of phenolic OH excluding ortho intramolecular Hbond substituents is 2. The van der Waals surface area contributed by atoms with Crippen LogP contribution in [0.5, 0.6) is 11.5 Å². The standard InChI is InChI=1S/2C9H8O3/c2*10-8-4-2-1-3-7(8)5-6-9(11)12/h2*1-6,10H,(H,11,12)/b6-5+;. The zero-order chi connectivity index (χ0) is 17.9. The average molecular weight is 328 g/mol. The quantitative estimate of drug-likeness (QED) is 0.641. The van der Waals surface area contributed by atoms with Crippen LogP contribution in [0.1, 0.15) is 11.1 Å². The minimum Gasteiger partial charge on any atom is -0.507 e. The molecule has 4 N–H and O–H groups in total. The molecular formula is C18H16O6. The molecule has 0 heterocycles. The maximum atomic E-state index is 10.1. The molecule has 2 rings (SSSR count). The SMILES string of the molecule is O=C(O)/C=C/c1ccccc1O.O=C(O)C=Cc1ccccc1O. The Morgan fingerprint density at radius 2 is 1.00 bits per heavy atom. The lowest BCUT2D eigenvalue weighted by molar-refractivity contribution is -0.132. The van der Waals surface area contributed by atoms with Gasteiger partial charge in [0.25, 0.3) is 0 Å². The van der Waals surface area contributed by atoms with Crippen LogP contribution >= 0.6 is 0 Å². The van der Waals surface area contributed by atoms with Crippen molar-refractivity contribution in [2.45, 2.75) is 0 Å². The molecule has 0 aliphatic carbocycles. The Balaban J connectivity index is 0.000000240. The van der Waals surface area contributed by atoms with Gasteiger partial charge >= 0.3 is 11.9 Å². The Hall–Kier alpha value is -3.54. The number of benzene rings is 2. The zero-order valence-corrected chi connectivity index (χ0v) is 12.5. The van der Waals surface area contributed by atoms with Crippen LogP contribution in [0, 0.1) is 0 Å². The van der Waals surface area contributed by atoms with Crippen LogP contribution in [0.25, 0.3) is 12.2 Å². The van der Waals surface area contributed by atoms with E-state index in [9.17, 15) is 19.8 Å². The van der Waals surface area contributed by atoms with Crippen molar-refractivity contribution in [1.29, 1.82) is 0 Å². The highest BCUT2D eigenvalue weighted by atomic mass is 16.4. The molecule has 0 spiro atoms. The molecule has 0 aromatic heterocycles. The Kier molecular flexibility index (Phi) is 7.30. The molecule has 2 aromatic carbocycles. The molecule has 0 aliphatic rings. The van der Waals surface area contributed by atoms with Crippen LogP contribution in [0.3, 0.4) is 0 Å². The van der Waals surface area contributed by atoms with E-state index in [1.54, 1.807) is 36.4 Å². The van der Waals surface area contributed by atoms with Gasteiger partial charge in [0.1, 0.15) is 11.5 Å². The van der Waals surface area contributed by atoms with Crippen molar-refractivity contribution in [1.82, 2.24) is 0 Å². The van der Waals surface area contributed by atoms with Gasteiger partial charge in [0, 0.05) is 23.3 Å². The topological polar surface area (TPSA) is 115 Å². The Morgan fingerprint density at radius 3 is 1.29 bits per heavy atom. The van der Waals surface area contributed by atoms with E-state index >= 15 is 0 Å². The highest BCUT2D eigenvalue weighted by Crippen LogP contribution is 2.17. The molecule has 0 unspecified atom stereocenters. The highest BCUT2D eigenvalue weighted by molar-refractivity contribution is 5.86. The second-order valence-electron chi connectivity index (χ2n) is 4.46.